The average molecular weight is 420 g/mol. The van der Waals surface area contributed by atoms with E-state index in [1.54, 1.807) is 36.3 Å². The zero-order chi connectivity index (χ0) is 22.2. The van der Waals surface area contributed by atoms with Crippen LogP contribution in [0.5, 0.6) is 0 Å². The summed E-state index contributed by atoms with van der Waals surface area (Å²) >= 11 is 0. The lowest BCUT2D eigenvalue weighted by molar-refractivity contribution is -0.126. The molecule has 0 aliphatic heterocycles. The van der Waals surface area contributed by atoms with E-state index in [-0.39, 0.29) is 29.9 Å². The Balaban J connectivity index is 1.59. The number of hydrogen-bond acceptors (Lipinski definition) is 6. The number of aliphatic imine (C=N–C) groups is 1. The lowest BCUT2D eigenvalue weighted by Crippen LogP contribution is -2.39. The van der Waals surface area contributed by atoms with Gasteiger partial charge in [-0.25, -0.2) is 14.6 Å². The number of nitrogens with two attached hydrogens (primary N) is 1. The summed E-state index contributed by atoms with van der Waals surface area (Å²) < 4.78 is 1.55. The van der Waals surface area contributed by atoms with E-state index in [4.69, 9.17) is 5.73 Å². The molecule has 0 aliphatic carbocycles. The van der Waals surface area contributed by atoms with Crippen molar-refractivity contribution in [3.05, 3.63) is 66.4 Å². The number of carbonyl (C=O) groups excluding carboxylic acids is 2. The van der Waals surface area contributed by atoms with Crippen molar-refractivity contribution >= 4 is 23.5 Å². The van der Waals surface area contributed by atoms with Crippen LogP contribution < -0.4 is 11.1 Å². The first-order valence-electron chi connectivity index (χ1n) is 9.76. The molecular weight excluding hydrogens is 396 g/mol. The second kappa shape index (κ2) is 10.1. The molecule has 3 rings (SSSR count). The predicted octanol–water partition coefficient (Wildman–Crippen LogP) is 1.64. The molecule has 10 nitrogen and oxygen atoms in total. The Morgan fingerprint density at radius 3 is 2.74 bits per heavy atom. The first kappa shape index (κ1) is 21.6. The number of aromatic nitrogens is 4. The minimum absolute atomic E-state index is 0.128. The zero-order valence-electron chi connectivity index (χ0n) is 17.4. The van der Waals surface area contributed by atoms with E-state index in [9.17, 15) is 9.59 Å². The number of benzene rings is 1. The van der Waals surface area contributed by atoms with Crippen molar-refractivity contribution in [2.45, 2.75) is 19.8 Å². The van der Waals surface area contributed by atoms with Gasteiger partial charge in [0.05, 0.1) is 12.4 Å². The minimum Gasteiger partial charge on any atom is -0.369 e. The number of amides is 2. The number of nitrogens with one attached hydrogen (secondary N) is 1. The topological polar surface area (TPSA) is 131 Å². The fraction of sp³-hybridized carbons (Fsp3) is 0.238. The summed E-state index contributed by atoms with van der Waals surface area (Å²) in [5, 5.41) is 6.87. The van der Waals surface area contributed by atoms with Crippen molar-refractivity contribution in [1.82, 2.24) is 24.6 Å². The Bertz CT molecular complexity index is 1060. The van der Waals surface area contributed by atoms with E-state index < -0.39 is 0 Å². The van der Waals surface area contributed by atoms with Gasteiger partial charge < -0.3 is 11.1 Å². The standard InChI is InChI=1S/C21H24N8O2/c1-3-23-21(22)28(2)19(30)9-8-15-6-4-7-16(12-15)27-20(31)17-13-25-18(14-24-17)29-11-5-10-26-29/h4-7,10-14H,3,8-9H2,1-2H3,(H2,22,23)(H,27,31). The number of carbonyl (C=O) groups is 2. The summed E-state index contributed by atoms with van der Waals surface area (Å²) in [5.41, 5.74) is 7.46. The van der Waals surface area contributed by atoms with Gasteiger partial charge in [-0.05, 0) is 37.1 Å². The zero-order valence-corrected chi connectivity index (χ0v) is 17.4. The molecule has 160 valence electrons. The van der Waals surface area contributed by atoms with Gasteiger partial charge in [-0.15, -0.1) is 0 Å². The van der Waals surface area contributed by atoms with Crippen molar-refractivity contribution in [2.24, 2.45) is 10.7 Å². The Labute approximate surface area is 179 Å². The molecule has 2 aromatic heterocycles. The molecular formula is C21H24N8O2. The van der Waals surface area contributed by atoms with Crippen LogP contribution in [0.15, 0.2) is 60.1 Å². The summed E-state index contributed by atoms with van der Waals surface area (Å²) in [6, 6.07) is 9.07. The number of guanidine groups is 1. The number of anilines is 1. The molecule has 0 atom stereocenters. The van der Waals surface area contributed by atoms with Crippen LogP contribution in [-0.2, 0) is 11.2 Å². The fourth-order valence-corrected chi connectivity index (χ4v) is 2.78. The molecule has 2 heterocycles. The predicted molar refractivity (Wildman–Crippen MR) is 117 cm³/mol. The third kappa shape index (κ3) is 5.72. The second-order valence-corrected chi connectivity index (χ2v) is 6.65. The molecule has 0 aliphatic rings. The number of rotatable bonds is 7. The molecule has 10 heteroatoms. The fourth-order valence-electron chi connectivity index (χ4n) is 2.78. The van der Waals surface area contributed by atoms with E-state index in [0.717, 1.165) is 5.56 Å². The van der Waals surface area contributed by atoms with Gasteiger partial charge in [0.1, 0.15) is 5.69 Å². The Morgan fingerprint density at radius 1 is 1.23 bits per heavy atom. The van der Waals surface area contributed by atoms with Crippen LogP contribution >= 0.6 is 0 Å². The van der Waals surface area contributed by atoms with E-state index in [2.05, 4.69) is 25.4 Å². The average Bonchev–Trinajstić information content (AvgIpc) is 3.32. The van der Waals surface area contributed by atoms with Crippen LogP contribution in [0.1, 0.15) is 29.4 Å². The summed E-state index contributed by atoms with van der Waals surface area (Å²) in [7, 11) is 1.60. The normalized spacial score (nSPS) is 11.2. The molecule has 0 unspecified atom stereocenters. The summed E-state index contributed by atoms with van der Waals surface area (Å²) in [6.45, 7) is 2.37. The van der Waals surface area contributed by atoms with E-state index in [0.29, 0.717) is 24.5 Å². The molecule has 1 aromatic carbocycles. The van der Waals surface area contributed by atoms with Crippen molar-refractivity contribution in [3.63, 3.8) is 0 Å². The second-order valence-electron chi connectivity index (χ2n) is 6.65. The highest BCUT2D eigenvalue weighted by atomic mass is 16.2. The van der Waals surface area contributed by atoms with Crippen LogP contribution in [0.2, 0.25) is 0 Å². The summed E-state index contributed by atoms with van der Waals surface area (Å²) in [6.07, 6.45) is 7.02. The van der Waals surface area contributed by atoms with Crippen molar-refractivity contribution in [1.29, 1.82) is 0 Å². The molecule has 0 bridgehead atoms. The Morgan fingerprint density at radius 2 is 2.06 bits per heavy atom. The maximum absolute atomic E-state index is 12.5. The third-order valence-corrected chi connectivity index (χ3v) is 4.46. The van der Waals surface area contributed by atoms with Crippen molar-refractivity contribution in [2.75, 3.05) is 18.9 Å². The van der Waals surface area contributed by atoms with Crippen LogP contribution in [-0.4, -0.2) is 56.0 Å². The van der Waals surface area contributed by atoms with Gasteiger partial charge in [0.2, 0.25) is 5.91 Å². The first-order chi connectivity index (χ1) is 15.0. The minimum atomic E-state index is -0.379. The van der Waals surface area contributed by atoms with Gasteiger partial charge in [0, 0.05) is 38.1 Å². The van der Waals surface area contributed by atoms with E-state index in [1.165, 1.54) is 17.3 Å². The SMILES string of the molecule is CCN=C(N)N(C)C(=O)CCc1cccc(NC(=O)c2cnc(-n3cccn3)cn2)c1. The molecule has 0 saturated heterocycles. The van der Waals surface area contributed by atoms with Gasteiger partial charge >= 0.3 is 0 Å². The number of aryl methyl sites for hydroxylation is 1. The van der Waals surface area contributed by atoms with E-state index in [1.807, 2.05) is 25.1 Å². The molecule has 31 heavy (non-hydrogen) atoms. The summed E-state index contributed by atoms with van der Waals surface area (Å²) in [4.78, 5) is 38.5. The maximum Gasteiger partial charge on any atom is 0.275 e. The van der Waals surface area contributed by atoms with Gasteiger partial charge in [-0.3, -0.25) is 19.5 Å². The Kier molecular flexibility index (Phi) is 7.05. The lowest BCUT2D eigenvalue weighted by atomic mass is 10.1. The van der Waals surface area contributed by atoms with Crippen LogP contribution in [0.25, 0.3) is 5.82 Å². The monoisotopic (exact) mass is 420 g/mol. The molecule has 0 spiro atoms. The highest BCUT2D eigenvalue weighted by molar-refractivity contribution is 6.02. The number of hydrogen-bond donors (Lipinski definition) is 2. The van der Waals surface area contributed by atoms with E-state index >= 15 is 0 Å². The quantitative estimate of drug-likeness (QED) is 0.441. The molecule has 3 N–H and O–H groups in total. The van der Waals surface area contributed by atoms with Crippen molar-refractivity contribution < 1.29 is 9.59 Å². The molecule has 2 amide bonds. The van der Waals surface area contributed by atoms with Gasteiger partial charge in [-0.1, -0.05) is 12.1 Å². The first-order valence-corrected chi connectivity index (χ1v) is 9.76. The smallest absolute Gasteiger partial charge is 0.275 e. The van der Waals surface area contributed by atoms with Gasteiger partial charge in [0.15, 0.2) is 11.8 Å². The summed E-state index contributed by atoms with van der Waals surface area (Å²) in [5.74, 6) is 0.212. The molecule has 0 radical (unpaired) electrons. The molecule has 0 fully saturated rings. The lowest BCUT2D eigenvalue weighted by Gasteiger charge is -2.16. The Hall–Kier alpha value is -4.08. The number of nitrogens with zero attached hydrogens (tertiary/aromatic N) is 6. The largest absolute Gasteiger partial charge is 0.369 e. The highest BCUT2D eigenvalue weighted by Crippen LogP contribution is 2.14. The van der Waals surface area contributed by atoms with Gasteiger partial charge in [0.25, 0.3) is 5.91 Å². The molecule has 3 aromatic rings. The van der Waals surface area contributed by atoms with Crippen LogP contribution in [0.3, 0.4) is 0 Å². The highest BCUT2D eigenvalue weighted by Gasteiger charge is 2.13. The molecule has 0 saturated carbocycles. The maximum atomic E-state index is 12.5. The third-order valence-electron chi connectivity index (χ3n) is 4.46. The van der Waals surface area contributed by atoms with Crippen molar-refractivity contribution in [3.8, 4) is 5.82 Å². The van der Waals surface area contributed by atoms with Crippen LogP contribution in [0, 0.1) is 0 Å². The van der Waals surface area contributed by atoms with Gasteiger partial charge in [-0.2, -0.15) is 5.10 Å². The van der Waals surface area contributed by atoms with Crippen LogP contribution in [0.4, 0.5) is 5.69 Å².